The third-order valence-electron chi connectivity index (χ3n) is 4.04. The van der Waals surface area contributed by atoms with E-state index in [1.807, 2.05) is 6.07 Å². The minimum Gasteiger partial charge on any atom is -0.338 e. The fourth-order valence-corrected chi connectivity index (χ4v) is 4.33. The molecule has 7 nitrogen and oxygen atoms in total. The number of aromatic nitrogens is 3. The molecule has 160 valence electrons. The second-order valence-corrected chi connectivity index (χ2v) is 9.42. The number of hydrogen-bond donors (Lipinski definition) is 2. The molecule has 0 saturated heterocycles. The highest BCUT2D eigenvalue weighted by Crippen LogP contribution is 2.34. The van der Waals surface area contributed by atoms with E-state index in [0.29, 0.717) is 37.7 Å². The van der Waals surface area contributed by atoms with E-state index in [4.69, 9.17) is 11.6 Å². The average Bonchev–Trinajstić information content (AvgIpc) is 3.13. The first kappa shape index (κ1) is 21.3. The molecule has 0 spiro atoms. The van der Waals surface area contributed by atoms with Gasteiger partial charge in [-0.15, -0.1) is 0 Å². The second-order valence-electron chi connectivity index (χ2n) is 6.10. The standard InChI is InChI=1S/C18H11ClF3N5O2S2/c19-12-3-1-2-4-13(12)26-17-27-14-15(23-9-24-16(14)30-17)25-10-5-7-11(8-6-10)31(28,29)18(20,21)22/h1-9H,(H,26,27)(H,23,24,25). The Morgan fingerprint density at radius 1 is 0.968 bits per heavy atom. The van der Waals surface area contributed by atoms with Crippen LogP contribution in [-0.4, -0.2) is 28.9 Å². The van der Waals surface area contributed by atoms with Crippen molar-refractivity contribution in [1.82, 2.24) is 15.0 Å². The highest BCUT2D eigenvalue weighted by molar-refractivity contribution is 7.92. The topological polar surface area (TPSA) is 96.9 Å². The summed E-state index contributed by atoms with van der Waals surface area (Å²) in [6.07, 6.45) is 1.31. The molecule has 0 atom stereocenters. The minimum absolute atomic E-state index is 0.305. The molecule has 13 heteroatoms. The van der Waals surface area contributed by atoms with Crippen molar-refractivity contribution in [2.24, 2.45) is 0 Å². The third-order valence-corrected chi connectivity index (χ3v) is 6.75. The number of nitrogens with one attached hydrogen (secondary N) is 2. The Morgan fingerprint density at radius 2 is 1.68 bits per heavy atom. The second kappa shape index (κ2) is 7.94. The summed E-state index contributed by atoms with van der Waals surface area (Å²) in [5.41, 5.74) is -3.96. The van der Waals surface area contributed by atoms with Crippen LogP contribution in [0, 0.1) is 0 Å². The lowest BCUT2D eigenvalue weighted by Crippen LogP contribution is -2.23. The number of anilines is 4. The van der Waals surface area contributed by atoms with Crippen molar-refractivity contribution >= 4 is 65.4 Å². The highest BCUT2D eigenvalue weighted by atomic mass is 35.5. The van der Waals surface area contributed by atoms with Crippen LogP contribution in [0.15, 0.2) is 59.8 Å². The maximum atomic E-state index is 12.7. The first-order valence-corrected chi connectivity index (χ1v) is 11.1. The van der Waals surface area contributed by atoms with Crippen molar-refractivity contribution in [2.75, 3.05) is 10.6 Å². The lowest BCUT2D eigenvalue weighted by molar-refractivity contribution is -0.0436. The summed E-state index contributed by atoms with van der Waals surface area (Å²) in [4.78, 5) is 12.5. The number of hydrogen-bond acceptors (Lipinski definition) is 8. The van der Waals surface area contributed by atoms with E-state index in [2.05, 4.69) is 25.6 Å². The van der Waals surface area contributed by atoms with E-state index >= 15 is 0 Å². The zero-order valence-electron chi connectivity index (χ0n) is 15.2. The van der Waals surface area contributed by atoms with E-state index in [1.165, 1.54) is 29.8 Å². The number of rotatable bonds is 5. The smallest absolute Gasteiger partial charge is 0.338 e. The van der Waals surface area contributed by atoms with Gasteiger partial charge in [0, 0.05) is 5.69 Å². The van der Waals surface area contributed by atoms with Crippen LogP contribution in [0.2, 0.25) is 5.02 Å². The molecule has 4 aromatic rings. The Labute approximate surface area is 182 Å². The summed E-state index contributed by atoms with van der Waals surface area (Å²) in [7, 11) is -5.41. The Kier molecular flexibility index (Phi) is 5.45. The molecule has 0 amide bonds. The third kappa shape index (κ3) is 4.27. The molecule has 0 aliphatic carbocycles. The first-order chi connectivity index (χ1) is 14.6. The summed E-state index contributed by atoms with van der Waals surface area (Å²) in [6.45, 7) is 0. The largest absolute Gasteiger partial charge is 0.501 e. The molecule has 2 N–H and O–H groups in total. The van der Waals surface area contributed by atoms with Gasteiger partial charge in [0.25, 0.3) is 9.84 Å². The highest BCUT2D eigenvalue weighted by Gasteiger charge is 2.46. The Bertz CT molecular complexity index is 1360. The van der Waals surface area contributed by atoms with Gasteiger partial charge in [-0.25, -0.2) is 23.4 Å². The molecule has 31 heavy (non-hydrogen) atoms. The summed E-state index contributed by atoms with van der Waals surface area (Å²) >= 11 is 7.40. The Morgan fingerprint density at radius 3 is 2.35 bits per heavy atom. The average molecular weight is 486 g/mol. The maximum absolute atomic E-state index is 12.7. The first-order valence-electron chi connectivity index (χ1n) is 8.47. The lowest BCUT2D eigenvalue weighted by atomic mass is 10.3. The van der Waals surface area contributed by atoms with Crippen LogP contribution in [0.25, 0.3) is 10.3 Å². The molecule has 0 aliphatic heterocycles. The fourth-order valence-electron chi connectivity index (χ4n) is 2.56. The van der Waals surface area contributed by atoms with Crippen molar-refractivity contribution in [3.8, 4) is 0 Å². The van der Waals surface area contributed by atoms with Gasteiger partial charge in [0.05, 0.1) is 15.6 Å². The molecule has 2 aromatic heterocycles. The quantitative estimate of drug-likeness (QED) is 0.384. The van der Waals surface area contributed by atoms with Crippen LogP contribution >= 0.6 is 22.9 Å². The number of para-hydroxylation sites is 1. The summed E-state index contributed by atoms with van der Waals surface area (Å²) in [6, 6.07) is 11.3. The molecule has 0 fully saturated rings. The van der Waals surface area contributed by atoms with E-state index < -0.39 is 20.2 Å². The zero-order chi connectivity index (χ0) is 22.2. The summed E-state index contributed by atoms with van der Waals surface area (Å²) in [5.74, 6) is 0.305. The van der Waals surface area contributed by atoms with Gasteiger partial charge in [0.2, 0.25) is 0 Å². The van der Waals surface area contributed by atoms with Crippen molar-refractivity contribution in [1.29, 1.82) is 0 Å². The van der Waals surface area contributed by atoms with E-state index in [9.17, 15) is 21.6 Å². The monoisotopic (exact) mass is 485 g/mol. The number of sulfone groups is 1. The molecular formula is C18H11ClF3N5O2S2. The molecule has 0 saturated carbocycles. The van der Waals surface area contributed by atoms with Gasteiger partial charge in [-0.2, -0.15) is 13.2 Å². The van der Waals surface area contributed by atoms with Crippen molar-refractivity contribution in [3.05, 3.63) is 59.9 Å². The van der Waals surface area contributed by atoms with Gasteiger partial charge >= 0.3 is 5.51 Å². The summed E-state index contributed by atoms with van der Waals surface area (Å²) < 4.78 is 61.0. The van der Waals surface area contributed by atoms with Crippen molar-refractivity contribution < 1.29 is 21.6 Å². The molecule has 2 heterocycles. The minimum atomic E-state index is -5.41. The number of thiazole rings is 1. The van der Waals surface area contributed by atoms with Gasteiger partial charge in [-0.1, -0.05) is 35.1 Å². The van der Waals surface area contributed by atoms with Crippen LogP contribution in [-0.2, 0) is 9.84 Å². The number of halogens is 4. The molecule has 4 rings (SSSR count). The van der Waals surface area contributed by atoms with Gasteiger partial charge in [0.1, 0.15) is 11.8 Å². The van der Waals surface area contributed by atoms with E-state index in [1.54, 1.807) is 18.2 Å². The van der Waals surface area contributed by atoms with Crippen LogP contribution < -0.4 is 10.6 Å². The normalized spacial score (nSPS) is 12.1. The molecule has 2 aromatic carbocycles. The number of nitrogens with zero attached hydrogens (tertiary/aromatic N) is 3. The summed E-state index contributed by atoms with van der Waals surface area (Å²) in [5, 5.41) is 7.04. The van der Waals surface area contributed by atoms with Crippen LogP contribution in [0.5, 0.6) is 0 Å². The number of fused-ring (bicyclic) bond motifs is 1. The van der Waals surface area contributed by atoms with E-state index in [-0.39, 0.29) is 0 Å². The Balaban J connectivity index is 1.61. The molecular weight excluding hydrogens is 475 g/mol. The Hall–Kier alpha value is -2.96. The van der Waals surface area contributed by atoms with Gasteiger partial charge in [-0.3, -0.25) is 0 Å². The van der Waals surface area contributed by atoms with Crippen LogP contribution in [0.4, 0.5) is 35.5 Å². The maximum Gasteiger partial charge on any atom is 0.501 e. The van der Waals surface area contributed by atoms with Crippen molar-refractivity contribution in [2.45, 2.75) is 10.4 Å². The van der Waals surface area contributed by atoms with Gasteiger partial charge < -0.3 is 10.6 Å². The predicted molar refractivity (Wildman–Crippen MR) is 113 cm³/mol. The van der Waals surface area contributed by atoms with Crippen LogP contribution in [0.1, 0.15) is 0 Å². The van der Waals surface area contributed by atoms with Crippen molar-refractivity contribution in [3.63, 3.8) is 0 Å². The number of alkyl halides is 3. The zero-order valence-corrected chi connectivity index (χ0v) is 17.6. The lowest BCUT2D eigenvalue weighted by Gasteiger charge is -2.09. The number of benzene rings is 2. The van der Waals surface area contributed by atoms with Gasteiger partial charge in [0.15, 0.2) is 15.8 Å². The fraction of sp³-hybridized carbons (Fsp3) is 0.0556. The SMILES string of the molecule is O=S(=O)(c1ccc(Nc2ncnc3sc(Nc4ccccc4Cl)nc23)cc1)C(F)(F)F. The molecule has 0 bridgehead atoms. The molecule has 0 radical (unpaired) electrons. The molecule has 0 aliphatic rings. The predicted octanol–water partition coefficient (Wildman–Crippen LogP) is 5.52. The van der Waals surface area contributed by atoms with Gasteiger partial charge in [-0.05, 0) is 36.4 Å². The van der Waals surface area contributed by atoms with Crippen LogP contribution in [0.3, 0.4) is 0 Å². The van der Waals surface area contributed by atoms with E-state index in [0.717, 1.165) is 12.1 Å². The molecule has 0 unspecified atom stereocenters.